The lowest BCUT2D eigenvalue weighted by Gasteiger charge is -2.29. The number of carbonyl (C=O) groups is 1. The summed E-state index contributed by atoms with van der Waals surface area (Å²) in [4.78, 5) is 15.6. The topological polar surface area (TPSA) is 85.2 Å². The first-order valence-corrected chi connectivity index (χ1v) is 11.5. The van der Waals surface area contributed by atoms with Crippen LogP contribution in [0.3, 0.4) is 0 Å². The van der Waals surface area contributed by atoms with Crippen molar-refractivity contribution in [3.05, 3.63) is 59.4 Å². The highest BCUT2D eigenvalue weighted by molar-refractivity contribution is 5.96. The van der Waals surface area contributed by atoms with E-state index in [9.17, 15) is 4.79 Å². The number of ether oxygens (including phenoxy) is 1. The number of rotatable bonds is 7. The third kappa shape index (κ3) is 5.64. The van der Waals surface area contributed by atoms with Gasteiger partial charge >= 0.3 is 0 Å². The second kappa shape index (κ2) is 10.2. The minimum Gasteiger partial charge on any atom is -0.379 e. The lowest BCUT2D eigenvalue weighted by atomic mass is 10.00. The highest BCUT2D eigenvalue weighted by Crippen LogP contribution is 2.26. The number of hydrogen-bond donors (Lipinski definition) is 1. The molecule has 1 unspecified atom stereocenters. The van der Waals surface area contributed by atoms with E-state index in [4.69, 9.17) is 4.74 Å². The number of benzene rings is 2. The van der Waals surface area contributed by atoms with Crippen LogP contribution in [0, 0.1) is 6.92 Å². The van der Waals surface area contributed by atoms with Crippen LogP contribution in [0.1, 0.15) is 48.4 Å². The fourth-order valence-corrected chi connectivity index (χ4v) is 4.04. The number of tetrazole rings is 1. The zero-order chi connectivity index (χ0) is 23.4. The standard InChI is InChI=1S/C25H32N6O2/c1-17(2)24-27-28-29-31(24)23-14-21(20-7-5-18(3)6-8-20)13-22(15-23)25(32)26-19(4)16-30-9-11-33-12-10-30/h5-8,13-15,17,19H,9-12,16H2,1-4H3,(H,26,32). The van der Waals surface area contributed by atoms with Gasteiger partial charge in [-0.3, -0.25) is 9.69 Å². The number of aryl methyl sites for hydroxylation is 1. The Labute approximate surface area is 194 Å². The summed E-state index contributed by atoms with van der Waals surface area (Å²) in [7, 11) is 0. The number of hydrogen-bond acceptors (Lipinski definition) is 6. The fourth-order valence-electron chi connectivity index (χ4n) is 4.04. The lowest BCUT2D eigenvalue weighted by Crippen LogP contribution is -2.46. The van der Waals surface area contributed by atoms with E-state index in [1.807, 2.05) is 39.0 Å². The van der Waals surface area contributed by atoms with Crippen LogP contribution in [0.5, 0.6) is 0 Å². The molecule has 2 heterocycles. The second-order valence-electron chi connectivity index (χ2n) is 9.03. The molecule has 1 amide bonds. The molecule has 1 atom stereocenters. The average molecular weight is 449 g/mol. The Morgan fingerprint density at radius 3 is 2.48 bits per heavy atom. The summed E-state index contributed by atoms with van der Waals surface area (Å²) >= 11 is 0. The first kappa shape index (κ1) is 23.1. The molecule has 1 aliphatic rings. The number of nitrogens with zero attached hydrogens (tertiary/aromatic N) is 5. The summed E-state index contributed by atoms with van der Waals surface area (Å²) in [5.41, 5.74) is 4.53. The minimum atomic E-state index is -0.106. The third-order valence-corrected chi connectivity index (χ3v) is 5.83. The Bertz CT molecular complexity index is 1090. The molecule has 2 aromatic carbocycles. The van der Waals surface area contributed by atoms with E-state index in [1.165, 1.54) is 5.56 Å². The molecule has 33 heavy (non-hydrogen) atoms. The van der Waals surface area contributed by atoms with Gasteiger partial charge in [0.05, 0.1) is 18.9 Å². The van der Waals surface area contributed by atoms with Crippen LogP contribution in [0.2, 0.25) is 0 Å². The molecule has 0 spiro atoms. The predicted octanol–water partition coefficient (Wildman–Crippen LogP) is 3.21. The maximum atomic E-state index is 13.3. The van der Waals surface area contributed by atoms with Crippen LogP contribution in [-0.2, 0) is 4.74 Å². The van der Waals surface area contributed by atoms with Gasteiger partial charge in [-0.25, -0.2) is 0 Å². The fraction of sp³-hybridized carbons (Fsp3) is 0.440. The molecule has 0 bridgehead atoms. The number of aromatic nitrogens is 4. The first-order chi connectivity index (χ1) is 15.9. The quantitative estimate of drug-likeness (QED) is 0.597. The monoisotopic (exact) mass is 448 g/mol. The molecule has 8 nitrogen and oxygen atoms in total. The molecule has 0 saturated carbocycles. The highest BCUT2D eigenvalue weighted by atomic mass is 16.5. The summed E-state index contributed by atoms with van der Waals surface area (Å²) in [5.74, 6) is 0.794. The van der Waals surface area contributed by atoms with Gasteiger partial charge in [0.1, 0.15) is 0 Å². The molecule has 1 aliphatic heterocycles. The van der Waals surface area contributed by atoms with E-state index in [-0.39, 0.29) is 17.9 Å². The van der Waals surface area contributed by atoms with Crippen LogP contribution in [-0.4, -0.2) is 69.9 Å². The number of amides is 1. The number of morpholine rings is 1. The van der Waals surface area contributed by atoms with Gasteiger partial charge in [-0.2, -0.15) is 4.68 Å². The smallest absolute Gasteiger partial charge is 0.251 e. The van der Waals surface area contributed by atoms with Crippen LogP contribution >= 0.6 is 0 Å². The molecular weight excluding hydrogens is 416 g/mol. The van der Waals surface area contributed by atoms with Gasteiger partial charge in [0.25, 0.3) is 5.91 Å². The molecule has 1 saturated heterocycles. The maximum absolute atomic E-state index is 13.3. The SMILES string of the molecule is Cc1ccc(-c2cc(C(=O)NC(C)CN3CCOCC3)cc(-n3nnnc3C(C)C)c2)cc1. The third-order valence-electron chi connectivity index (χ3n) is 5.83. The van der Waals surface area contributed by atoms with Gasteiger partial charge in [0.15, 0.2) is 5.82 Å². The summed E-state index contributed by atoms with van der Waals surface area (Å²) in [6, 6.07) is 14.1. The Hall–Kier alpha value is -3.10. The van der Waals surface area contributed by atoms with Gasteiger partial charge in [-0.05, 0) is 53.6 Å². The summed E-state index contributed by atoms with van der Waals surface area (Å²) in [5, 5.41) is 15.4. The largest absolute Gasteiger partial charge is 0.379 e. The number of carbonyl (C=O) groups excluding carboxylic acids is 1. The van der Waals surface area contributed by atoms with Crippen LogP contribution < -0.4 is 5.32 Å². The van der Waals surface area contributed by atoms with E-state index >= 15 is 0 Å². The van der Waals surface area contributed by atoms with E-state index in [0.29, 0.717) is 5.56 Å². The maximum Gasteiger partial charge on any atom is 0.251 e. The van der Waals surface area contributed by atoms with Gasteiger partial charge in [0.2, 0.25) is 0 Å². The number of nitrogens with one attached hydrogen (secondary N) is 1. The first-order valence-electron chi connectivity index (χ1n) is 11.5. The van der Waals surface area contributed by atoms with Crippen molar-refractivity contribution in [1.29, 1.82) is 0 Å². The molecule has 0 aliphatic carbocycles. The van der Waals surface area contributed by atoms with E-state index < -0.39 is 0 Å². The molecule has 0 radical (unpaired) electrons. The molecular formula is C25H32N6O2. The van der Waals surface area contributed by atoms with Crippen molar-refractivity contribution in [2.75, 3.05) is 32.8 Å². The van der Waals surface area contributed by atoms with Crippen molar-refractivity contribution in [1.82, 2.24) is 30.4 Å². The van der Waals surface area contributed by atoms with Crippen molar-refractivity contribution >= 4 is 5.91 Å². The van der Waals surface area contributed by atoms with Gasteiger partial charge in [0, 0.05) is 37.2 Å². The van der Waals surface area contributed by atoms with Crippen molar-refractivity contribution in [3.63, 3.8) is 0 Å². The molecule has 1 aromatic heterocycles. The predicted molar refractivity (Wildman–Crippen MR) is 128 cm³/mol. The minimum absolute atomic E-state index is 0.0151. The Morgan fingerprint density at radius 1 is 1.06 bits per heavy atom. The van der Waals surface area contributed by atoms with Crippen molar-refractivity contribution in [2.45, 2.75) is 39.7 Å². The van der Waals surface area contributed by atoms with Crippen molar-refractivity contribution < 1.29 is 9.53 Å². The Morgan fingerprint density at radius 2 is 1.79 bits per heavy atom. The normalized spacial score (nSPS) is 15.5. The Kier molecular flexibility index (Phi) is 7.15. The average Bonchev–Trinajstić information content (AvgIpc) is 3.30. The zero-order valence-electron chi connectivity index (χ0n) is 19.8. The Balaban J connectivity index is 1.64. The summed E-state index contributed by atoms with van der Waals surface area (Å²) in [6.45, 7) is 12.3. The summed E-state index contributed by atoms with van der Waals surface area (Å²) < 4.78 is 7.14. The van der Waals surface area contributed by atoms with Gasteiger partial charge < -0.3 is 10.1 Å². The molecule has 174 valence electrons. The van der Waals surface area contributed by atoms with Crippen molar-refractivity contribution in [2.24, 2.45) is 0 Å². The van der Waals surface area contributed by atoms with Crippen LogP contribution in [0.25, 0.3) is 16.8 Å². The van der Waals surface area contributed by atoms with Crippen LogP contribution in [0.4, 0.5) is 0 Å². The molecule has 8 heteroatoms. The van der Waals surface area contributed by atoms with E-state index in [2.05, 4.69) is 56.9 Å². The molecule has 3 aromatic rings. The molecule has 1 N–H and O–H groups in total. The summed E-state index contributed by atoms with van der Waals surface area (Å²) in [6.07, 6.45) is 0. The lowest BCUT2D eigenvalue weighted by molar-refractivity contribution is 0.0342. The van der Waals surface area contributed by atoms with Crippen molar-refractivity contribution in [3.8, 4) is 16.8 Å². The van der Waals surface area contributed by atoms with E-state index in [0.717, 1.165) is 55.5 Å². The second-order valence-corrected chi connectivity index (χ2v) is 9.03. The molecule has 1 fully saturated rings. The van der Waals surface area contributed by atoms with Gasteiger partial charge in [-0.15, -0.1) is 5.10 Å². The molecule has 4 rings (SSSR count). The zero-order valence-corrected chi connectivity index (χ0v) is 19.8. The van der Waals surface area contributed by atoms with Crippen LogP contribution in [0.15, 0.2) is 42.5 Å². The van der Waals surface area contributed by atoms with E-state index in [1.54, 1.807) is 4.68 Å². The van der Waals surface area contributed by atoms with Gasteiger partial charge in [-0.1, -0.05) is 43.7 Å². The highest BCUT2D eigenvalue weighted by Gasteiger charge is 2.19.